The molecule has 2 aromatic carbocycles. The summed E-state index contributed by atoms with van der Waals surface area (Å²) in [6, 6.07) is 16.0. The van der Waals surface area contributed by atoms with Crippen LogP contribution in [0.25, 0.3) is 6.08 Å². The first-order chi connectivity index (χ1) is 11.5. The highest BCUT2D eigenvalue weighted by atomic mass is 32.2. The molecule has 0 radical (unpaired) electrons. The lowest BCUT2D eigenvalue weighted by atomic mass is 10.2. The molecule has 2 rings (SSSR count). The van der Waals surface area contributed by atoms with Gasteiger partial charge < -0.3 is 4.74 Å². The molecule has 5 nitrogen and oxygen atoms in total. The molecular formula is C18H19NO4S. The van der Waals surface area contributed by atoms with E-state index in [1.54, 1.807) is 18.2 Å². The Morgan fingerprint density at radius 3 is 2.42 bits per heavy atom. The summed E-state index contributed by atoms with van der Waals surface area (Å²) in [5, 5.41) is 0. The summed E-state index contributed by atoms with van der Waals surface area (Å²) in [6.07, 6.45) is 3.52. The smallest absolute Gasteiger partial charge is 0.321 e. The molecule has 0 saturated carbocycles. The highest BCUT2D eigenvalue weighted by Gasteiger charge is 2.15. The number of hydrogen-bond donors (Lipinski definition) is 1. The minimum absolute atomic E-state index is 0.0833. The fourth-order valence-corrected chi connectivity index (χ4v) is 2.86. The van der Waals surface area contributed by atoms with Gasteiger partial charge in [-0.05, 0) is 30.7 Å². The van der Waals surface area contributed by atoms with Gasteiger partial charge in [0, 0.05) is 0 Å². The van der Waals surface area contributed by atoms with Crippen LogP contribution in [-0.4, -0.2) is 27.5 Å². The minimum Gasteiger partial charge on any atom is -0.460 e. The van der Waals surface area contributed by atoms with Crippen LogP contribution in [0, 0.1) is 6.92 Å². The van der Waals surface area contributed by atoms with Crippen LogP contribution in [0.2, 0.25) is 0 Å². The second-order valence-corrected chi connectivity index (χ2v) is 6.90. The van der Waals surface area contributed by atoms with Gasteiger partial charge in [-0.1, -0.05) is 54.1 Å². The van der Waals surface area contributed by atoms with Gasteiger partial charge in [-0.2, -0.15) is 4.72 Å². The maximum absolute atomic E-state index is 12.0. The van der Waals surface area contributed by atoms with Crippen LogP contribution in [0.5, 0.6) is 0 Å². The summed E-state index contributed by atoms with van der Waals surface area (Å²) in [5.74, 6) is -0.636. The number of carbonyl (C=O) groups is 1. The van der Waals surface area contributed by atoms with Crippen LogP contribution >= 0.6 is 0 Å². The lowest BCUT2D eigenvalue weighted by Gasteiger charge is -2.06. The second-order valence-electron chi connectivity index (χ2n) is 5.13. The Labute approximate surface area is 142 Å². The van der Waals surface area contributed by atoms with E-state index < -0.39 is 22.5 Å². The van der Waals surface area contributed by atoms with E-state index in [2.05, 4.69) is 4.72 Å². The monoisotopic (exact) mass is 345 g/mol. The van der Waals surface area contributed by atoms with E-state index in [0.29, 0.717) is 0 Å². The van der Waals surface area contributed by atoms with Gasteiger partial charge in [0.25, 0.3) is 0 Å². The summed E-state index contributed by atoms with van der Waals surface area (Å²) in [4.78, 5) is 11.7. The average molecular weight is 345 g/mol. The molecule has 0 amide bonds. The topological polar surface area (TPSA) is 72.5 Å². The third-order valence-electron chi connectivity index (χ3n) is 3.19. The molecular weight excluding hydrogens is 326 g/mol. The van der Waals surface area contributed by atoms with E-state index in [-0.39, 0.29) is 11.5 Å². The van der Waals surface area contributed by atoms with Crippen molar-refractivity contribution in [3.05, 3.63) is 71.8 Å². The molecule has 0 bridgehead atoms. The molecule has 1 N–H and O–H groups in total. The van der Waals surface area contributed by atoms with Crippen LogP contribution in [0.3, 0.4) is 0 Å². The average Bonchev–Trinajstić information content (AvgIpc) is 2.58. The van der Waals surface area contributed by atoms with E-state index >= 15 is 0 Å². The summed E-state index contributed by atoms with van der Waals surface area (Å²) >= 11 is 0. The van der Waals surface area contributed by atoms with Gasteiger partial charge in [0.1, 0.15) is 13.2 Å². The molecule has 0 atom stereocenters. The fraction of sp³-hybridized carbons (Fsp3) is 0.167. The van der Waals surface area contributed by atoms with E-state index in [1.807, 2.05) is 43.3 Å². The van der Waals surface area contributed by atoms with E-state index in [0.717, 1.165) is 11.1 Å². The number of sulfonamides is 1. The van der Waals surface area contributed by atoms with E-state index in [9.17, 15) is 13.2 Å². The molecule has 6 heteroatoms. The first kappa shape index (κ1) is 17.9. The van der Waals surface area contributed by atoms with Gasteiger partial charge in [-0.25, -0.2) is 8.42 Å². The molecule has 0 aromatic heterocycles. The predicted molar refractivity (Wildman–Crippen MR) is 92.8 cm³/mol. The van der Waals surface area contributed by atoms with Gasteiger partial charge in [-0.3, -0.25) is 4.79 Å². The Kier molecular flexibility index (Phi) is 6.28. The molecule has 0 spiro atoms. The highest BCUT2D eigenvalue weighted by molar-refractivity contribution is 7.89. The molecule has 24 heavy (non-hydrogen) atoms. The summed E-state index contributed by atoms with van der Waals surface area (Å²) in [6.45, 7) is 1.54. The Bertz CT molecular complexity index is 797. The highest BCUT2D eigenvalue weighted by Crippen LogP contribution is 2.09. The molecule has 0 aliphatic rings. The molecule has 0 aliphatic heterocycles. The Morgan fingerprint density at radius 1 is 1.08 bits per heavy atom. The van der Waals surface area contributed by atoms with Gasteiger partial charge in [0.2, 0.25) is 10.0 Å². The molecule has 0 fully saturated rings. The lowest BCUT2D eigenvalue weighted by Crippen LogP contribution is -2.30. The van der Waals surface area contributed by atoms with Crippen LogP contribution in [0.15, 0.2) is 65.6 Å². The molecule has 2 aromatic rings. The quantitative estimate of drug-likeness (QED) is 0.783. The molecule has 0 saturated heterocycles. The number of ether oxygens (including phenoxy) is 1. The van der Waals surface area contributed by atoms with Crippen molar-refractivity contribution in [2.75, 3.05) is 13.2 Å². The zero-order chi connectivity index (χ0) is 17.4. The molecule has 0 unspecified atom stereocenters. The van der Waals surface area contributed by atoms with Gasteiger partial charge in [-0.15, -0.1) is 0 Å². The number of hydrogen-bond acceptors (Lipinski definition) is 4. The third kappa shape index (κ3) is 5.64. The number of aryl methyl sites for hydroxylation is 1. The minimum atomic E-state index is -3.71. The first-order valence-corrected chi connectivity index (χ1v) is 8.89. The zero-order valence-electron chi connectivity index (χ0n) is 13.3. The predicted octanol–water partition coefficient (Wildman–Crippen LogP) is 2.53. The molecule has 126 valence electrons. The first-order valence-electron chi connectivity index (χ1n) is 7.41. The van der Waals surface area contributed by atoms with E-state index in [1.165, 1.54) is 12.1 Å². The van der Waals surface area contributed by atoms with Gasteiger partial charge >= 0.3 is 5.97 Å². The van der Waals surface area contributed by atoms with Crippen molar-refractivity contribution in [2.24, 2.45) is 0 Å². The molecule has 0 heterocycles. The van der Waals surface area contributed by atoms with Crippen molar-refractivity contribution in [1.82, 2.24) is 4.72 Å². The largest absolute Gasteiger partial charge is 0.460 e. The number of nitrogens with one attached hydrogen (secondary N) is 1. The summed E-state index contributed by atoms with van der Waals surface area (Å²) in [7, 11) is -3.71. The van der Waals surface area contributed by atoms with Crippen molar-refractivity contribution in [2.45, 2.75) is 11.8 Å². The van der Waals surface area contributed by atoms with Crippen molar-refractivity contribution in [1.29, 1.82) is 0 Å². The Balaban J connectivity index is 1.78. The fourth-order valence-electron chi connectivity index (χ4n) is 1.90. The number of rotatable bonds is 7. The number of benzene rings is 2. The third-order valence-corrected chi connectivity index (χ3v) is 4.61. The number of esters is 1. The lowest BCUT2D eigenvalue weighted by molar-refractivity contribution is -0.140. The Hall–Kier alpha value is -2.44. The van der Waals surface area contributed by atoms with Crippen LogP contribution < -0.4 is 4.72 Å². The zero-order valence-corrected chi connectivity index (χ0v) is 14.1. The SMILES string of the molecule is Cc1ccc(S(=O)(=O)NCC(=O)OC/C=C/c2ccccc2)cc1. The normalized spacial score (nSPS) is 11.5. The molecule has 0 aliphatic carbocycles. The maximum Gasteiger partial charge on any atom is 0.321 e. The summed E-state index contributed by atoms with van der Waals surface area (Å²) < 4.78 is 31.2. The van der Waals surface area contributed by atoms with Crippen molar-refractivity contribution in [3.8, 4) is 0 Å². The van der Waals surface area contributed by atoms with Crippen LogP contribution in [-0.2, 0) is 19.6 Å². The van der Waals surface area contributed by atoms with Crippen LogP contribution in [0.1, 0.15) is 11.1 Å². The van der Waals surface area contributed by atoms with Gasteiger partial charge in [0.15, 0.2) is 0 Å². The van der Waals surface area contributed by atoms with Crippen LogP contribution in [0.4, 0.5) is 0 Å². The van der Waals surface area contributed by atoms with Crippen molar-refractivity contribution >= 4 is 22.1 Å². The summed E-state index contributed by atoms with van der Waals surface area (Å²) in [5.41, 5.74) is 1.95. The Morgan fingerprint density at radius 2 is 1.75 bits per heavy atom. The standard InChI is InChI=1S/C18H19NO4S/c1-15-9-11-17(12-10-15)24(21,22)19-14-18(20)23-13-5-8-16-6-3-2-4-7-16/h2-12,19H,13-14H2,1H3/b8-5+. The maximum atomic E-state index is 12.0. The van der Waals surface area contributed by atoms with E-state index in [4.69, 9.17) is 4.74 Å². The number of carbonyl (C=O) groups excluding carboxylic acids is 1. The van der Waals surface area contributed by atoms with Crippen molar-refractivity contribution in [3.63, 3.8) is 0 Å². The van der Waals surface area contributed by atoms with Gasteiger partial charge in [0.05, 0.1) is 4.90 Å². The van der Waals surface area contributed by atoms with Crippen molar-refractivity contribution < 1.29 is 17.9 Å². The second kappa shape index (κ2) is 8.42.